The Labute approximate surface area is 109 Å². The van der Waals surface area contributed by atoms with Crippen LogP contribution in [0.1, 0.15) is 32.1 Å². The van der Waals surface area contributed by atoms with Crippen LogP contribution in [0.4, 0.5) is 0 Å². The third-order valence-electron chi connectivity index (χ3n) is 3.56. The molecule has 1 atom stereocenters. The highest BCUT2D eigenvalue weighted by Gasteiger charge is 2.16. The molecule has 1 amide bonds. The van der Waals surface area contributed by atoms with Gasteiger partial charge < -0.3 is 20.1 Å². The van der Waals surface area contributed by atoms with E-state index in [1.807, 2.05) is 0 Å². The fraction of sp³-hybridized carbons (Fsp3) is 0.923. The summed E-state index contributed by atoms with van der Waals surface area (Å²) in [4.78, 5) is 11.6. The van der Waals surface area contributed by atoms with Crippen LogP contribution in [-0.4, -0.2) is 51.0 Å². The minimum atomic E-state index is 0.0933. The molecule has 1 unspecified atom stereocenters. The second kappa shape index (κ2) is 7.71. The van der Waals surface area contributed by atoms with E-state index in [0.29, 0.717) is 19.1 Å². The summed E-state index contributed by atoms with van der Waals surface area (Å²) in [5.74, 6) is 0.0933. The van der Waals surface area contributed by atoms with Gasteiger partial charge in [-0.25, -0.2) is 0 Å². The quantitative estimate of drug-likeness (QED) is 0.724. The molecule has 0 saturated carbocycles. The smallest absolute Gasteiger partial charge is 0.222 e. The first-order chi connectivity index (χ1) is 8.84. The van der Waals surface area contributed by atoms with Crippen LogP contribution in [0.5, 0.6) is 0 Å². The lowest BCUT2D eigenvalue weighted by atomic mass is 10.1. The molecule has 2 saturated heterocycles. The van der Waals surface area contributed by atoms with Gasteiger partial charge in [-0.2, -0.15) is 0 Å². The molecule has 2 aliphatic rings. The normalized spacial score (nSPS) is 25.2. The molecule has 2 aliphatic heterocycles. The molecular weight excluding hydrogens is 232 g/mol. The predicted octanol–water partition coefficient (Wildman–Crippen LogP) is 0.440. The molecular formula is C13H24N2O3. The molecule has 0 aromatic carbocycles. The molecule has 5 nitrogen and oxygen atoms in total. The van der Waals surface area contributed by atoms with Crippen LogP contribution in [0.25, 0.3) is 0 Å². The zero-order valence-electron chi connectivity index (χ0n) is 11.0. The number of ether oxygens (including phenoxy) is 2. The lowest BCUT2D eigenvalue weighted by Gasteiger charge is -2.22. The van der Waals surface area contributed by atoms with Crippen LogP contribution < -0.4 is 10.6 Å². The molecule has 0 spiro atoms. The van der Waals surface area contributed by atoms with Gasteiger partial charge in [0.2, 0.25) is 5.91 Å². The van der Waals surface area contributed by atoms with Gasteiger partial charge in [-0.15, -0.1) is 0 Å². The first-order valence-electron chi connectivity index (χ1n) is 7.04. The van der Waals surface area contributed by atoms with Crippen molar-refractivity contribution in [2.75, 3.05) is 32.9 Å². The van der Waals surface area contributed by atoms with Gasteiger partial charge in [0.1, 0.15) is 0 Å². The lowest BCUT2D eigenvalue weighted by molar-refractivity contribution is -0.123. The molecule has 0 aromatic heterocycles. The number of carbonyl (C=O) groups is 1. The number of rotatable bonds is 6. The zero-order valence-corrected chi connectivity index (χ0v) is 11.0. The maximum absolute atomic E-state index is 11.6. The van der Waals surface area contributed by atoms with E-state index in [2.05, 4.69) is 10.6 Å². The average Bonchev–Trinajstić information content (AvgIpc) is 2.91. The van der Waals surface area contributed by atoms with Crippen LogP contribution >= 0.6 is 0 Å². The van der Waals surface area contributed by atoms with Gasteiger partial charge in [0.15, 0.2) is 0 Å². The van der Waals surface area contributed by atoms with Crippen molar-refractivity contribution < 1.29 is 14.3 Å². The van der Waals surface area contributed by atoms with Crippen LogP contribution in [0.15, 0.2) is 0 Å². The van der Waals surface area contributed by atoms with Crippen molar-refractivity contribution in [3.8, 4) is 0 Å². The summed E-state index contributed by atoms with van der Waals surface area (Å²) in [6, 6.07) is 0.463. The van der Waals surface area contributed by atoms with E-state index in [9.17, 15) is 4.79 Å². The highest BCUT2D eigenvalue weighted by Crippen LogP contribution is 2.10. The van der Waals surface area contributed by atoms with Crippen LogP contribution in [0.2, 0.25) is 0 Å². The maximum atomic E-state index is 11.6. The van der Waals surface area contributed by atoms with Crippen molar-refractivity contribution >= 4 is 5.91 Å². The van der Waals surface area contributed by atoms with E-state index in [0.717, 1.165) is 39.1 Å². The zero-order chi connectivity index (χ0) is 12.6. The topological polar surface area (TPSA) is 59.6 Å². The Morgan fingerprint density at radius 3 is 2.89 bits per heavy atom. The van der Waals surface area contributed by atoms with Gasteiger partial charge in [-0.05, 0) is 32.2 Å². The van der Waals surface area contributed by atoms with Gasteiger partial charge in [0, 0.05) is 32.2 Å². The van der Waals surface area contributed by atoms with Crippen molar-refractivity contribution in [1.82, 2.24) is 10.6 Å². The minimum absolute atomic E-state index is 0.0933. The monoisotopic (exact) mass is 256 g/mol. The first kappa shape index (κ1) is 13.8. The summed E-state index contributed by atoms with van der Waals surface area (Å²) in [5, 5.41) is 6.32. The molecule has 2 fully saturated rings. The van der Waals surface area contributed by atoms with Crippen molar-refractivity contribution in [2.24, 2.45) is 0 Å². The van der Waals surface area contributed by atoms with E-state index < -0.39 is 0 Å². The summed E-state index contributed by atoms with van der Waals surface area (Å²) < 4.78 is 10.9. The average molecular weight is 256 g/mol. The summed E-state index contributed by atoms with van der Waals surface area (Å²) in [6.45, 7) is 3.91. The van der Waals surface area contributed by atoms with E-state index >= 15 is 0 Å². The number of carbonyl (C=O) groups excluding carboxylic acids is 1. The second-order valence-electron chi connectivity index (χ2n) is 5.03. The highest BCUT2D eigenvalue weighted by molar-refractivity contribution is 5.75. The van der Waals surface area contributed by atoms with Crippen molar-refractivity contribution in [3.63, 3.8) is 0 Å². The number of amides is 1. The standard InChI is InChI=1S/C13H24N2O3/c16-13(15-10-11-2-1-6-14-11)5-9-18-12-3-7-17-8-4-12/h11-12,14H,1-10H2,(H,15,16). The molecule has 0 radical (unpaired) electrons. The van der Waals surface area contributed by atoms with Crippen molar-refractivity contribution in [3.05, 3.63) is 0 Å². The largest absolute Gasteiger partial charge is 0.381 e. The van der Waals surface area contributed by atoms with E-state index in [1.54, 1.807) is 0 Å². The van der Waals surface area contributed by atoms with Gasteiger partial charge in [-0.3, -0.25) is 4.79 Å². The molecule has 2 rings (SSSR count). The molecule has 5 heteroatoms. The van der Waals surface area contributed by atoms with Gasteiger partial charge in [0.05, 0.1) is 12.7 Å². The van der Waals surface area contributed by atoms with E-state index in [1.165, 1.54) is 12.8 Å². The lowest BCUT2D eigenvalue weighted by Crippen LogP contribution is -2.37. The second-order valence-corrected chi connectivity index (χ2v) is 5.03. The van der Waals surface area contributed by atoms with Crippen LogP contribution in [-0.2, 0) is 14.3 Å². The Morgan fingerprint density at radius 2 is 2.17 bits per heavy atom. The summed E-state index contributed by atoms with van der Waals surface area (Å²) in [6.07, 6.45) is 5.03. The SMILES string of the molecule is O=C(CCOC1CCOCC1)NCC1CCCN1. The third-order valence-corrected chi connectivity index (χ3v) is 3.56. The van der Waals surface area contributed by atoms with Crippen LogP contribution in [0, 0.1) is 0 Å². The minimum Gasteiger partial charge on any atom is -0.381 e. The molecule has 0 bridgehead atoms. The Morgan fingerprint density at radius 1 is 1.33 bits per heavy atom. The first-order valence-corrected chi connectivity index (χ1v) is 7.04. The summed E-state index contributed by atoms with van der Waals surface area (Å²) >= 11 is 0. The molecule has 104 valence electrons. The van der Waals surface area contributed by atoms with E-state index in [4.69, 9.17) is 9.47 Å². The molecule has 0 aliphatic carbocycles. The van der Waals surface area contributed by atoms with Gasteiger partial charge in [0.25, 0.3) is 0 Å². The van der Waals surface area contributed by atoms with Gasteiger partial charge in [-0.1, -0.05) is 0 Å². The summed E-state index contributed by atoms with van der Waals surface area (Å²) in [7, 11) is 0. The predicted molar refractivity (Wildman–Crippen MR) is 68.4 cm³/mol. The fourth-order valence-electron chi connectivity index (χ4n) is 2.42. The Balaban J connectivity index is 1.48. The Kier molecular flexibility index (Phi) is 5.90. The Hall–Kier alpha value is -0.650. The maximum Gasteiger partial charge on any atom is 0.222 e. The van der Waals surface area contributed by atoms with Crippen molar-refractivity contribution in [1.29, 1.82) is 0 Å². The highest BCUT2D eigenvalue weighted by atomic mass is 16.5. The number of hydrogen-bond acceptors (Lipinski definition) is 4. The number of hydrogen-bond donors (Lipinski definition) is 2. The Bertz CT molecular complexity index is 249. The third kappa shape index (κ3) is 4.92. The molecule has 0 aromatic rings. The molecule has 18 heavy (non-hydrogen) atoms. The van der Waals surface area contributed by atoms with Crippen molar-refractivity contribution in [2.45, 2.75) is 44.2 Å². The number of nitrogens with one attached hydrogen (secondary N) is 2. The molecule has 2 N–H and O–H groups in total. The van der Waals surface area contributed by atoms with Gasteiger partial charge >= 0.3 is 0 Å². The van der Waals surface area contributed by atoms with Crippen LogP contribution in [0.3, 0.4) is 0 Å². The summed E-state index contributed by atoms with van der Waals surface area (Å²) in [5.41, 5.74) is 0. The molecule has 2 heterocycles. The fourth-order valence-corrected chi connectivity index (χ4v) is 2.42. The van der Waals surface area contributed by atoms with E-state index in [-0.39, 0.29) is 12.0 Å².